The van der Waals surface area contributed by atoms with E-state index in [1.807, 2.05) is 24.3 Å². The summed E-state index contributed by atoms with van der Waals surface area (Å²) in [5.41, 5.74) is 4.43. The van der Waals surface area contributed by atoms with Crippen LogP contribution in [0.1, 0.15) is 23.1 Å². The second kappa shape index (κ2) is 6.43. The Morgan fingerprint density at radius 3 is 2.63 bits per heavy atom. The smallest absolute Gasteiger partial charge is 0.315 e. The SMILES string of the molecule is O=C(Cc1coc2cc3c(cc12)CCC3)Oc1ccc(Cl)c2ccccc12. The minimum atomic E-state index is -0.314. The van der Waals surface area contributed by atoms with Gasteiger partial charge in [0.15, 0.2) is 0 Å². The van der Waals surface area contributed by atoms with Crippen molar-refractivity contribution in [2.75, 3.05) is 0 Å². The number of benzene rings is 3. The summed E-state index contributed by atoms with van der Waals surface area (Å²) in [5.74, 6) is 0.208. The van der Waals surface area contributed by atoms with Crippen molar-refractivity contribution in [1.29, 1.82) is 0 Å². The molecule has 4 aromatic rings. The van der Waals surface area contributed by atoms with Gasteiger partial charge in [-0.05, 0) is 54.7 Å². The van der Waals surface area contributed by atoms with Crippen LogP contribution in [0.4, 0.5) is 0 Å². The molecule has 3 nitrogen and oxygen atoms in total. The third-order valence-corrected chi connectivity index (χ3v) is 5.59. The van der Waals surface area contributed by atoms with E-state index in [0.29, 0.717) is 10.8 Å². The Balaban J connectivity index is 1.43. The van der Waals surface area contributed by atoms with Crippen molar-refractivity contribution in [2.45, 2.75) is 25.7 Å². The summed E-state index contributed by atoms with van der Waals surface area (Å²) in [7, 11) is 0. The van der Waals surface area contributed by atoms with Crippen molar-refractivity contribution in [3.05, 3.63) is 76.5 Å². The maximum atomic E-state index is 12.6. The summed E-state index contributed by atoms with van der Waals surface area (Å²) in [6, 6.07) is 15.4. The van der Waals surface area contributed by atoms with Gasteiger partial charge in [0, 0.05) is 26.7 Å². The quantitative estimate of drug-likeness (QED) is 0.331. The first kappa shape index (κ1) is 16.4. The molecular weight excluding hydrogens is 360 g/mol. The molecule has 0 saturated heterocycles. The molecule has 0 N–H and O–H groups in total. The van der Waals surface area contributed by atoms with Crippen LogP contribution in [-0.2, 0) is 24.1 Å². The van der Waals surface area contributed by atoms with Crippen LogP contribution in [-0.4, -0.2) is 5.97 Å². The first-order chi connectivity index (χ1) is 13.2. The van der Waals surface area contributed by atoms with Crippen molar-refractivity contribution >= 4 is 39.3 Å². The summed E-state index contributed by atoms with van der Waals surface area (Å²) in [4.78, 5) is 12.6. The molecular formula is C23H17ClO3. The van der Waals surface area contributed by atoms with Crippen LogP contribution >= 0.6 is 11.6 Å². The van der Waals surface area contributed by atoms with E-state index in [9.17, 15) is 4.79 Å². The molecule has 5 rings (SSSR count). The maximum Gasteiger partial charge on any atom is 0.315 e. The van der Waals surface area contributed by atoms with Gasteiger partial charge in [-0.1, -0.05) is 35.9 Å². The fourth-order valence-electron chi connectivity index (χ4n) is 3.92. The molecule has 1 aromatic heterocycles. The number of carbonyl (C=O) groups excluding carboxylic acids is 1. The lowest BCUT2D eigenvalue weighted by Crippen LogP contribution is -2.11. The Hall–Kier alpha value is -2.78. The van der Waals surface area contributed by atoms with E-state index in [2.05, 4.69) is 12.1 Å². The van der Waals surface area contributed by atoms with E-state index >= 15 is 0 Å². The molecule has 134 valence electrons. The van der Waals surface area contributed by atoms with Gasteiger partial charge >= 0.3 is 5.97 Å². The van der Waals surface area contributed by atoms with Crippen molar-refractivity contribution in [2.24, 2.45) is 0 Å². The predicted octanol–water partition coefficient (Wildman–Crippen LogP) is 5.88. The molecule has 0 bridgehead atoms. The molecule has 0 atom stereocenters. The highest BCUT2D eigenvalue weighted by Crippen LogP contribution is 2.33. The van der Waals surface area contributed by atoms with Gasteiger partial charge in [0.25, 0.3) is 0 Å². The van der Waals surface area contributed by atoms with E-state index in [0.717, 1.165) is 40.1 Å². The standard InChI is InChI=1S/C23H17ClO3/c24-20-8-9-21(18-7-2-1-6-17(18)20)27-23(25)12-16-13-26-22-11-15-5-3-4-14(15)10-19(16)22/h1-2,6-11,13H,3-5,12H2. The Morgan fingerprint density at radius 2 is 1.78 bits per heavy atom. The molecule has 4 heteroatoms. The largest absolute Gasteiger partial charge is 0.464 e. The Labute approximate surface area is 161 Å². The lowest BCUT2D eigenvalue weighted by atomic mass is 10.0. The molecule has 1 heterocycles. The lowest BCUT2D eigenvalue weighted by molar-refractivity contribution is -0.133. The number of halogens is 1. The van der Waals surface area contributed by atoms with Crippen LogP contribution in [0.3, 0.4) is 0 Å². The summed E-state index contributed by atoms with van der Waals surface area (Å²) in [6.07, 6.45) is 5.22. The van der Waals surface area contributed by atoms with Crippen molar-refractivity contribution in [3.63, 3.8) is 0 Å². The van der Waals surface area contributed by atoms with E-state index in [1.165, 1.54) is 17.5 Å². The Morgan fingerprint density at radius 1 is 1.00 bits per heavy atom. The van der Waals surface area contributed by atoms with Gasteiger partial charge < -0.3 is 9.15 Å². The van der Waals surface area contributed by atoms with Gasteiger partial charge in [-0.2, -0.15) is 0 Å². The van der Waals surface area contributed by atoms with Gasteiger partial charge in [0.05, 0.1) is 12.7 Å². The van der Waals surface area contributed by atoms with Crippen LogP contribution in [0.2, 0.25) is 5.02 Å². The molecule has 0 fully saturated rings. The monoisotopic (exact) mass is 376 g/mol. The predicted molar refractivity (Wildman–Crippen MR) is 107 cm³/mol. The summed E-state index contributed by atoms with van der Waals surface area (Å²) in [6.45, 7) is 0. The van der Waals surface area contributed by atoms with Gasteiger partial charge in [-0.15, -0.1) is 0 Å². The minimum absolute atomic E-state index is 0.169. The van der Waals surface area contributed by atoms with Crippen LogP contribution in [0, 0.1) is 0 Å². The number of carbonyl (C=O) groups is 1. The Bertz CT molecular complexity index is 1190. The molecule has 0 unspecified atom stereocenters. The average Bonchev–Trinajstić information content (AvgIpc) is 3.29. The number of ether oxygens (including phenoxy) is 1. The van der Waals surface area contributed by atoms with Crippen LogP contribution < -0.4 is 4.74 Å². The van der Waals surface area contributed by atoms with Crippen LogP contribution in [0.15, 0.2) is 59.2 Å². The first-order valence-corrected chi connectivity index (χ1v) is 9.46. The highest BCUT2D eigenvalue weighted by Gasteiger charge is 2.18. The molecule has 0 saturated carbocycles. The third kappa shape index (κ3) is 2.88. The first-order valence-electron chi connectivity index (χ1n) is 9.09. The van der Waals surface area contributed by atoms with Crippen molar-refractivity contribution in [3.8, 4) is 5.75 Å². The van der Waals surface area contributed by atoms with Crippen LogP contribution in [0.5, 0.6) is 5.75 Å². The third-order valence-electron chi connectivity index (χ3n) is 5.26. The number of furan rings is 1. The zero-order chi connectivity index (χ0) is 18.4. The summed E-state index contributed by atoms with van der Waals surface area (Å²) in [5, 5.41) is 3.34. The van der Waals surface area contributed by atoms with Gasteiger partial charge in [-0.25, -0.2) is 0 Å². The van der Waals surface area contributed by atoms with Crippen molar-refractivity contribution in [1.82, 2.24) is 0 Å². The zero-order valence-electron chi connectivity index (χ0n) is 14.6. The normalized spacial score (nSPS) is 13.2. The van der Waals surface area contributed by atoms with E-state index in [1.54, 1.807) is 18.4 Å². The maximum absolute atomic E-state index is 12.6. The lowest BCUT2D eigenvalue weighted by Gasteiger charge is -2.08. The molecule has 0 spiro atoms. The molecule has 1 aliphatic rings. The fraction of sp³-hybridized carbons (Fsp3) is 0.174. The fourth-order valence-corrected chi connectivity index (χ4v) is 4.15. The van der Waals surface area contributed by atoms with E-state index in [-0.39, 0.29) is 12.4 Å². The molecule has 1 aliphatic carbocycles. The molecule has 0 aliphatic heterocycles. The second-order valence-electron chi connectivity index (χ2n) is 6.97. The van der Waals surface area contributed by atoms with E-state index in [4.69, 9.17) is 20.8 Å². The van der Waals surface area contributed by atoms with Crippen molar-refractivity contribution < 1.29 is 13.9 Å². The van der Waals surface area contributed by atoms with Gasteiger partial charge in [0.2, 0.25) is 0 Å². The number of aryl methyl sites for hydroxylation is 2. The molecule has 27 heavy (non-hydrogen) atoms. The van der Waals surface area contributed by atoms with Gasteiger partial charge in [0.1, 0.15) is 11.3 Å². The Kier molecular flexibility index (Phi) is 3.91. The molecule has 3 aromatic carbocycles. The second-order valence-corrected chi connectivity index (χ2v) is 7.38. The molecule has 0 amide bonds. The minimum Gasteiger partial charge on any atom is -0.464 e. The number of rotatable bonds is 3. The number of fused-ring (bicyclic) bond motifs is 3. The van der Waals surface area contributed by atoms with Crippen LogP contribution in [0.25, 0.3) is 21.7 Å². The average molecular weight is 377 g/mol. The van der Waals surface area contributed by atoms with Gasteiger partial charge in [-0.3, -0.25) is 4.79 Å². The number of esters is 1. The summed E-state index contributed by atoms with van der Waals surface area (Å²) < 4.78 is 11.3. The molecule has 0 radical (unpaired) electrons. The highest BCUT2D eigenvalue weighted by atomic mass is 35.5. The summed E-state index contributed by atoms with van der Waals surface area (Å²) >= 11 is 6.24. The highest BCUT2D eigenvalue weighted by molar-refractivity contribution is 6.35. The topological polar surface area (TPSA) is 39.4 Å². The van der Waals surface area contributed by atoms with E-state index < -0.39 is 0 Å². The number of hydrogen-bond donors (Lipinski definition) is 0. The zero-order valence-corrected chi connectivity index (χ0v) is 15.4. The number of hydrogen-bond acceptors (Lipinski definition) is 3.